The molecule has 0 heterocycles. The first-order valence-electron chi connectivity index (χ1n) is 6.74. The van der Waals surface area contributed by atoms with Crippen LogP contribution < -0.4 is 4.74 Å². The summed E-state index contributed by atoms with van der Waals surface area (Å²) in [6.45, 7) is 10.6. The Hall–Kier alpha value is -1.02. The highest BCUT2D eigenvalue weighted by atomic mass is 16.5. The molecular formula is C15H25NO. The van der Waals surface area contributed by atoms with E-state index in [2.05, 4.69) is 36.9 Å². The van der Waals surface area contributed by atoms with Gasteiger partial charge in [0, 0.05) is 12.1 Å². The number of hydrogen-bond acceptors (Lipinski definition) is 2. The van der Waals surface area contributed by atoms with Gasteiger partial charge >= 0.3 is 0 Å². The molecule has 96 valence electrons. The average Bonchev–Trinajstić information content (AvgIpc) is 2.33. The van der Waals surface area contributed by atoms with Crippen LogP contribution in [0.15, 0.2) is 24.3 Å². The smallest absolute Gasteiger partial charge is 0.123 e. The van der Waals surface area contributed by atoms with E-state index in [1.165, 1.54) is 18.4 Å². The number of rotatable bonds is 8. The van der Waals surface area contributed by atoms with Crippen LogP contribution >= 0.6 is 0 Å². The fraction of sp³-hybridized carbons (Fsp3) is 0.600. The summed E-state index contributed by atoms with van der Waals surface area (Å²) < 4.78 is 5.67. The largest absolute Gasteiger partial charge is 0.494 e. The van der Waals surface area contributed by atoms with Gasteiger partial charge in [0.05, 0.1) is 6.61 Å². The Kier molecular flexibility index (Phi) is 6.71. The van der Waals surface area contributed by atoms with Crippen molar-refractivity contribution < 1.29 is 4.74 Å². The summed E-state index contributed by atoms with van der Waals surface area (Å²) in [5, 5.41) is 0. The molecule has 0 aliphatic carbocycles. The molecule has 17 heavy (non-hydrogen) atoms. The van der Waals surface area contributed by atoms with Crippen LogP contribution in [0.2, 0.25) is 0 Å². The van der Waals surface area contributed by atoms with Crippen molar-refractivity contribution in [3.63, 3.8) is 0 Å². The van der Waals surface area contributed by atoms with Crippen molar-refractivity contribution in [1.82, 2.24) is 4.90 Å². The highest BCUT2D eigenvalue weighted by Crippen LogP contribution is 2.20. The molecule has 1 rings (SSSR count). The molecule has 2 nitrogen and oxygen atoms in total. The first-order chi connectivity index (χ1) is 8.31. The average molecular weight is 235 g/mol. The summed E-state index contributed by atoms with van der Waals surface area (Å²) in [6.07, 6.45) is 2.41. The van der Waals surface area contributed by atoms with Crippen molar-refractivity contribution >= 4 is 0 Å². The third-order valence-electron chi connectivity index (χ3n) is 2.75. The molecule has 0 aliphatic rings. The Morgan fingerprint density at radius 2 is 1.65 bits per heavy atom. The van der Waals surface area contributed by atoms with E-state index in [1.54, 1.807) is 0 Å². The molecule has 0 unspecified atom stereocenters. The van der Waals surface area contributed by atoms with E-state index >= 15 is 0 Å². The number of nitrogens with zero attached hydrogens (tertiary/aromatic N) is 1. The lowest BCUT2D eigenvalue weighted by Gasteiger charge is -2.22. The summed E-state index contributed by atoms with van der Waals surface area (Å²) in [4.78, 5) is 2.50. The maximum atomic E-state index is 5.67. The molecule has 1 aromatic carbocycles. The second-order valence-corrected chi connectivity index (χ2v) is 4.32. The van der Waals surface area contributed by atoms with Gasteiger partial charge in [-0.2, -0.15) is 0 Å². The molecule has 0 aromatic heterocycles. The van der Waals surface area contributed by atoms with Gasteiger partial charge < -0.3 is 4.74 Å². The lowest BCUT2D eigenvalue weighted by Crippen LogP contribution is -2.25. The van der Waals surface area contributed by atoms with Crippen molar-refractivity contribution in [2.24, 2.45) is 0 Å². The number of ether oxygens (including phenoxy) is 1. The van der Waals surface area contributed by atoms with Crippen molar-refractivity contribution in [2.45, 2.75) is 40.2 Å². The molecule has 0 aliphatic heterocycles. The van der Waals surface area contributed by atoms with Crippen molar-refractivity contribution in [1.29, 1.82) is 0 Å². The van der Waals surface area contributed by atoms with Crippen LogP contribution in [0.5, 0.6) is 5.75 Å². The normalized spacial score (nSPS) is 10.8. The third kappa shape index (κ3) is 4.78. The van der Waals surface area contributed by atoms with Gasteiger partial charge in [-0.1, -0.05) is 32.0 Å². The van der Waals surface area contributed by atoms with Crippen LogP contribution in [-0.4, -0.2) is 24.6 Å². The predicted molar refractivity (Wildman–Crippen MR) is 73.5 cm³/mol. The standard InChI is InChI=1S/C15H25NO/c1-4-11-16(12-5-2)13-14-9-7-8-10-15(14)17-6-3/h7-10H,4-6,11-13H2,1-3H3. The van der Waals surface area contributed by atoms with Crippen LogP contribution in [0.1, 0.15) is 39.2 Å². The first-order valence-corrected chi connectivity index (χ1v) is 6.74. The van der Waals surface area contributed by atoms with Crippen LogP contribution in [0.4, 0.5) is 0 Å². The summed E-state index contributed by atoms with van der Waals surface area (Å²) >= 11 is 0. The van der Waals surface area contributed by atoms with E-state index < -0.39 is 0 Å². The fourth-order valence-corrected chi connectivity index (χ4v) is 2.07. The lowest BCUT2D eigenvalue weighted by atomic mass is 10.2. The third-order valence-corrected chi connectivity index (χ3v) is 2.75. The number of benzene rings is 1. The summed E-state index contributed by atoms with van der Waals surface area (Å²) in [5.41, 5.74) is 1.30. The highest BCUT2D eigenvalue weighted by Gasteiger charge is 2.08. The van der Waals surface area contributed by atoms with Gasteiger partial charge in [-0.25, -0.2) is 0 Å². The zero-order chi connectivity index (χ0) is 12.5. The Balaban J connectivity index is 2.69. The Morgan fingerprint density at radius 1 is 1.00 bits per heavy atom. The summed E-state index contributed by atoms with van der Waals surface area (Å²) in [5.74, 6) is 1.03. The van der Waals surface area contributed by atoms with Crippen molar-refractivity contribution in [3.8, 4) is 5.75 Å². The van der Waals surface area contributed by atoms with Crippen LogP contribution in [0, 0.1) is 0 Å². The Bertz CT molecular complexity index is 306. The van der Waals surface area contributed by atoms with Crippen LogP contribution in [0.3, 0.4) is 0 Å². The Labute approximate surface area is 106 Å². The van der Waals surface area contributed by atoms with Gasteiger partial charge in [0.2, 0.25) is 0 Å². The van der Waals surface area contributed by atoms with Gasteiger partial charge in [0.1, 0.15) is 5.75 Å². The van der Waals surface area contributed by atoms with Crippen molar-refractivity contribution in [3.05, 3.63) is 29.8 Å². The highest BCUT2D eigenvalue weighted by molar-refractivity contribution is 5.33. The maximum absolute atomic E-state index is 5.67. The molecule has 1 aromatic rings. The molecule has 0 spiro atoms. The fourth-order valence-electron chi connectivity index (χ4n) is 2.07. The van der Waals surface area contributed by atoms with Gasteiger partial charge in [0.25, 0.3) is 0 Å². The second kappa shape index (κ2) is 8.13. The van der Waals surface area contributed by atoms with E-state index in [1.807, 2.05) is 13.0 Å². The maximum Gasteiger partial charge on any atom is 0.123 e. The lowest BCUT2D eigenvalue weighted by molar-refractivity contribution is 0.258. The zero-order valence-electron chi connectivity index (χ0n) is 11.4. The van der Waals surface area contributed by atoms with E-state index in [9.17, 15) is 0 Å². The minimum absolute atomic E-state index is 0.735. The van der Waals surface area contributed by atoms with Gasteiger partial charge in [-0.15, -0.1) is 0 Å². The number of hydrogen-bond donors (Lipinski definition) is 0. The van der Waals surface area contributed by atoms with Gasteiger partial charge in [-0.3, -0.25) is 4.90 Å². The summed E-state index contributed by atoms with van der Waals surface area (Å²) in [7, 11) is 0. The van der Waals surface area contributed by atoms with Crippen LogP contribution in [-0.2, 0) is 6.54 Å². The molecule has 0 radical (unpaired) electrons. The topological polar surface area (TPSA) is 12.5 Å². The van der Waals surface area contributed by atoms with Crippen molar-refractivity contribution in [2.75, 3.05) is 19.7 Å². The van der Waals surface area contributed by atoms with E-state index in [4.69, 9.17) is 4.74 Å². The minimum atomic E-state index is 0.735. The molecule has 2 heteroatoms. The SMILES string of the molecule is CCCN(CCC)Cc1ccccc1OCC. The molecule has 0 N–H and O–H groups in total. The quantitative estimate of drug-likeness (QED) is 0.681. The molecule has 0 fully saturated rings. The van der Waals surface area contributed by atoms with Gasteiger partial charge in [0.15, 0.2) is 0 Å². The summed E-state index contributed by atoms with van der Waals surface area (Å²) in [6, 6.07) is 8.37. The molecular weight excluding hydrogens is 210 g/mol. The van der Waals surface area contributed by atoms with E-state index in [0.29, 0.717) is 0 Å². The monoisotopic (exact) mass is 235 g/mol. The van der Waals surface area contributed by atoms with E-state index in [-0.39, 0.29) is 0 Å². The van der Waals surface area contributed by atoms with Gasteiger partial charge in [-0.05, 0) is 38.9 Å². The van der Waals surface area contributed by atoms with E-state index in [0.717, 1.165) is 32.0 Å². The first kappa shape index (κ1) is 14.0. The molecule has 0 saturated carbocycles. The predicted octanol–water partition coefficient (Wildman–Crippen LogP) is 3.71. The van der Waals surface area contributed by atoms with Crippen LogP contribution in [0.25, 0.3) is 0 Å². The molecule has 0 bridgehead atoms. The Morgan fingerprint density at radius 3 is 2.24 bits per heavy atom. The second-order valence-electron chi connectivity index (χ2n) is 4.32. The molecule has 0 atom stereocenters. The molecule has 0 saturated heterocycles. The zero-order valence-corrected chi connectivity index (χ0v) is 11.4. The molecule has 0 amide bonds. The number of para-hydroxylation sites is 1. The minimum Gasteiger partial charge on any atom is -0.494 e.